The molecule has 1 N–H and O–H groups in total. The third-order valence-corrected chi connectivity index (χ3v) is 3.58. The maximum atomic E-state index is 5.64. The van der Waals surface area contributed by atoms with Crippen molar-refractivity contribution in [3.8, 4) is 5.75 Å². The smallest absolute Gasteiger partial charge is 0.131 e. The molecule has 108 valence electrons. The molecule has 0 saturated heterocycles. The Hall–Kier alpha value is -1.50. The topological polar surface area (TPSA) is 56.3 Å². The largest absolute Gasteiger partial charge is 0.493 e. The van der Waals surface area contributed by atoms with Gasteiger partial charge in [0.15, 0.2) is 0 Å². The number of benzene rings is 1. The van der Waals surface area contributed by atoms with E-state index in [-0.39, 0.29) is 0 Å². The van der Waals surface area contributed by atoms with Gasteiger partial charge in [-0.3, -0.25) is 0 Å². The number of rotatable bonds is 9. The van der Waals surface area contributed by atoms with E-state index in [1.165, 1.54) is 0 Å². The number of nitrogens with zero attached hydrogens (tertiary/aromatic N) is 2. The van der Waals surface area contributed by atoms with Crippen molar-refractivity contribution in [2.24, 2.45) is 0 Å². The van der Waals surface area contributed by atoms with E-state index in [0.29, 0.717) is 13.2 Å². The van der Waals surface area contributed by atoms with Gasteiger partial charge >= 0.3 is 0 Å². The molecule has 6 heteroatoms. The molecule has 0 amide bonds. The highest BCUT2D eigenvalue weighted by Crippen LogP contribution is 2.12. The van der Waals surface area contributed by atoms with Gasteiger partial charge in [-0.2, -0.15) is 0 Å². The average Bonchev–Trinajstić information content (AvgIpc) is 2.93. The molecule has 1 heterocycles. The van der Waals surface area contributed by atoms with E-state index in [9.17, 15) is 0 Å². The second kappa shape index (κ2) is 8.63. The van der Waals surface area contributed by atoms with Crippen molar-refractivity contribution >= 4 is 11.3 Å². The minimum atomic E-state index is 0.621. The number of hydrogen-bond acceptors (Lipinski definition) is 6. The van der Waals surface area contributed by atoms with Crippen molar-refractivity contribution in [3.05, 3.63) is 40.3 Å². The molecule has 2 rings (SSSR count). The van der Waals surface area contributed by atoms with E-state index in [4.69, 9.17) is 9.47 Å². The highest BCUT2D eigenvalue weighted by molar-refractivity contribution is 7.11. The monoisotopic (exact) mass is 293 g/mol. The Morgan fingerprint density at radius 3 is 2.70 bits per heavy atom. The molecule has 0 aliphatic heterocycles. The van der Waals surface area contributed by atoms with Gasteiger partial charge in [-0.1, -0.05) is 18.2 Å². The lowest BCUT2D eigenvalue weighted by Gasteiger charge is -2.03. The molecular formula is C14H19N3O2S. The Morgan fingerprint density at radius 2 is 1.90 bits per heavy atom. The molecule has 0 saturated carbocycles. The Bertz CT molecular complexity index is 490. The molecular weight excluding hydrogens is 274 g/mol. The Kier molecular flexibility index (Phi) is 6.43. The molecule has 0 bridgehead atoms. The molecule has 0 aliphatic carbocycles. The van der Waals surface area contributed by atoms with Crippen LogP contribution >= 0.6 is 11.3 Å². The maximum absolute atomic E-state index is 5.64. The molecule has 2 aromatic rings. The number of nitrogens with one attached hydrogen (secondary N) is 1. The summed E-state index contributed by atoms with van der Waals surface area (Å²) in [6.07, 6.45) is 0.782. The fraction of sp³-hybridized carbons (Fsp3) is 0.429. The van der Waals surface area contributed by atoms with Crippen LogP contribution in [0, 0.1) is 0 Å². The van der Waals surface area contributed by atoms with Gasteiger partial charge in [0, 0.05) is 26.6 Å². The lowest BCUT2D eigenvalue weighted by molar-refractivity contribution is 0.199. The third-order valence-electron chi connectivity index (χ3n) is 2.60. The predicted octanol–water partition coefficient (Wildman–Crippen LogP) is 1.90. The predicted molar refractivity (Wildman–Crippen MR) is 79.1 cm³/mol. The summed E-state index contributed by atoms with van der Waals surface area (Å²) >= 11 is 1.62. The standard InChI is InChI=1S/C14H19N3O2S/c1-18-10-8-15-11-14-17-16-13(20-14)7-9-19-12-5-3-2-4-6-12/h2-6,15H,7-11H2,1H3. The minimum Gasteiger partial charge on any atom is -0.493 e. The summed E-state index contributed by atoms with van der Waals surface area (Å²) in [4.78, 5) is 0. The van der Waals surface area contributed by atoms with Crippen LogP contribution in [-0.2, 0) is 17.7 Å². The average molecular weight is 293 g/mol. The van der Waals surface area contributed by atoms with Crippen LogP contribution in [0.15, 0.2) is 30.3 Å². The fourth-order valence-corrected chi connectivity index (χ4v) is 2.40. The van der Waals surface area contributed by atoms with E-state index < -0.39 is 0 Å². The summed E-state index contributed by atoms with van der Waals surface area (Å²) < 4.78 is 10.6. The zero-order valence-corrected chi connectivity index (χ0v) is 12.4. The molecule has 0 radical (unpaired) electrons. The number of aromatic nitrogens is 2. The van der Waals surface area contributed by atoms with Crippen molar-refractivity contribution < 1.29 is 9.47 Å². The number of ether oxygens (including phenoxy) is 2. The Morgan fingerprint density at radius 1 is 1.10 bits per heavy atom. The van der Waals surface area contributed by atoms with Crippen LogP contribution in [0.5, 0.6) is 5.75 Å². The second-order valence-electron chi connectivity index (χ2n) is 4.17. The van der Waals surface area contributed by atoms with Crippen molar-refractivity contribution in [2.75, 3.05) is 26.9 Å². The van der Waals surface area contributed by atoms with Crippen LogP contribution in [0.2, 0.25) is 0 Å². The zero-order chi connectivity index (χ0) is 14.0. The van der Waals surface area contributed by atoms with E-state index in [0.717, 1.165) is 35.3 Å². The lowest BCUT2D eigenvalue weighted by Crippen LogP contribution is -2.18. The highest BCUT2D eigenvalue weighted by Gasteiger charge is 2.04. The number of para-hydroxylation sites is 1. The minimum absolute atomic E-state index is 0.621. The van der Waals surface area contributed by atoms with Gasteiger partial charge in [0.2, 0.25) is 0 Å². The first-order chi connectivity index (χ1) is 9.88. The summed E-state index contributed by atoms with van der Waals surface area (Å²) in [6.45, 7) is 2.88. The van der Waals surface area contributed by atoms with Gasteiger partial charge in [0.1, 0.15) is 15.8 Å². The van der Waals surface area contributed by atoms with Crippen LogP contribution < -0.4 is 10.1 Å². The lowest BCUT2D eigenvalue weighted by atomic mass is 10.3. The molecule has 20 heavy (non-hydrogen) atoms. The Balaban J connectivity index is 1.67. The first-order valence-electron chi connectivity index (χ1n) is 6.57. The van der Waals surface area contributed by atoms with Crippen LogP contribution in [0.3, 0.4) is 0 Å². The van der Waals surface area contributed by atoms with Gasteiger partial charge in [-0.25, -0.2) is 0 Å². The van der Waals surface area contributed by atoms with E-state index >= 15 is 0 Å². The summed E-state index contributed by atoms with van der Waals surface area (Å²) in [5.74, 6) is 0.887. The molecule has 0 spiro atoms. The second-order valence-corrected chi connectivity index (χ2v) is 5.32. The van der Waals surface area contributed by atoms with Crippen molar-refractivity contribution in [2.45, 2.75) is 13.0 Å². The van der Waals surface area contributed by atoms with E-state index in [1.54, 1.807) is 18.4 Å². The van der Waals surface area contributed by atoms with Gasteiger partial charge in [-0.05, 0) is 12.1 Å². The highest BCUT2D eigenvalue weighted by atomic mass is 32.1. The molecule has 0 aliphatic rings. The fourth-order valence-electron chi connectivity index (χ4n) is 1.60. The molecule has 0 atom stereocenters. The molecule has 1 aromatic carbocycles. The maximum Gasteiger partial charge on any atom is 0.131 e. The summed E-state index contributed by atoms with van der Waals surface area (Å²) in [5, 5.41) is 13.6. The first kappa shape index (κ1) is 14.9. The summed E-state index contributed by atoms with van der Waals surface area (Å²) in [5.41, 5.74) is 0. The molecule has 0 fully saturated rings. The zero-order valence-electron chi connectivity index (χ0n) is 11.5. The van der Waals surface area contributed by atoms with Crippen LogP contribution in [-0.4, -0.2) is 37.1 Å². The van der Waals surface area contributed by atoms with Gasteiger partial charge in [-0.15, -0.1) is 21.5 Å². The van der Waals surface area contributed by atoms with E-state index in [1.807, 2.05) is 30.3 Å². The van der Waals surface area contributed by atoms with Gasteiger partial charge < -0.3 is 14.8 Å². The molecule has 1 aromatic heterocycles. The van der Waals surface area contributed by atoms with Crippen molar-refractivity contribution in [3.63, 3.8) is 0 Å². The van der Waals surface area contributed by atoms with Gasteiger partial charge in [0.25, 0.3) is 0 Å². The van der Waals surface area contributed by atoms with Gasteiger partial charge in [0.05, 0.1) is 13.2 Å². The van der Waals surface area contributed by atoms with Crippen molar-refractivity contribution in [1.82, 2.24) is 15.5 Å². The normalized spacial score (nSPS) is 10.7. The number of methoxy groups -OCH3 is 1. The molecule has 0 unspecified atom stereocenters. The van der Waals surface area contributed by atoms with Crippen LogP contribution in [0.1, 0.15) is 10.0 Å². The first-order valence-corrected chi connectivity index (χ1v) is 7.39. The number of hydrogen-bond donors (Lipinski definition) is 1. The summed E-state index contributed by atoms with van der Waals surface area (Å²) in [7, 11) is 1.69. The quantitative estimate of drug-likeness (QED) is 0.716. The van der Waals surface area contributed by atoms with Crippen LogP contribution in [0.25, 0.3) is 0 Å². The van der Waals surface area contributed by atoms with Crippen molar-refractivity contribution in [1.29, 1.82) is 0 Å². The molecule has 5 nitrogen and oxygen atoms in total. The van der Waals surface area contributed by atoms with Crippen LogP contribution in [0.4, 0.5) is 0 Å². The van der Waals surface area contributed by atoms with E-state index in [2.05, 4.69) is 15.5 Å². The third kappa shape index (κ3) is 5.24. The summed E-state index contributed by atoms with van der Waals surface area (Å²) in [6, 6.07) is 9.80. The SMILES string of the molecule is COCCNCc1nnc(CCOc2ccccc2)s1. The Labute approximate surface area is 123 Å².